The van der Waals surface area contributed by atoms with Gasteiger partial charge in [0.25, 0.3) is 5.88 Å². The third-order valence-corrected chi connectivity index (χ3v) is 2.66. The van der Waals surface area contributed by atoms with Gasteiger partial charge in [0.1, 0.15) is 5.75 Å². The second kappa shape index (κ2) is 5.42. The quantitative estimate of drug-likeness (QED) is 0.930. The smallest absolute Gasteiger partial charge is 0.335 e. The van der Waals surface area contributed by atoms with Crippen LogP contribution in [0.25, 0.3) is 0 Å². The molecule has 1 aromatic carbocycles. The molecule has 1 heterocycles. The number of carboxylic acids is 1. The Morgan fingerprint density at radius 1 is 1.32 bits per heavy atom. The number of nitrogens with zero attached hydrogens (tertiary/aromatic N) is 1. The summed E-state index contributed by atoms with van der Waals surface area (Å²) in [5, 5.41) is 8.95. The Bertz CT molecular complexity index is 649. The van der Waals surface area contributed by atoms with E-state index < -0.39 is 11.8 Å². The molecule has 0 radical (unpaired) electrons. The molecule has 0 bridgehead atoms. The molecule has 0 saturated carbocycles. The highest BCUT2D eigenvalue weighted by Crippen LogP contribution is 2.31. The molecule has 1 N–H and O–H groups in total. The van der Waals surface area contributed by atoms with Gasteiger partial charge in [-0.05, 0) is 24.3 Å². The number of halogens is 3. The summed E-state index contributed by atoms with van der Waals surface area (Å²) < 4.78 is 18.6. The maximum atomic E-state index is 13.5. The van der Waals surface area contributed by atoms with Crippen LogP contribution in [0.2, 0.25) is 10.0 Å². The van der Waals surface area contributed by atoms with Crippen LogP contribution in [0.5, 0.6) is 11.6 Å². The number of carbonyl (C=O) groups is 1. The highest BCUT2D eigenvalue weighted by atomic mass is 35.5. The van der Waals surface area contributed by atoms with Crippen LogP contribution >= 0.6 is 23.2 Å². The molecular formula is C12H6Cl2FNO3. The zero-order valence-electron chi connectivity index (χ0n) is 9.23. The van der Waals surface area contributed by atoms with Gasteiger partial charge in [0.15, 0.2) is 5.82 Å². The van der Waals surface area contributed by atoms with Crippen LogP contribution < -0.4 is 4.74 Å². The molecule has 0 aliphatic rings. The number of benzene rings is 1. The lowest BCUT2D eigenvalue weighted by atomic mass is 10.2. The Morgan fingerprint density at radius 2 is 2.05 bits per heavy atom. The maximum Gasteiger partial charge on any atom is 0.335 e. The summed E-state index contributed by atoms with van der Waals surface area (Å²) in [4.78, 5) is 14.4. The predicted octanol–water partition coefficient (Wildman–Crippen LogP) is 4.02. The number of rotatable bonds is 3. The van der Waals surface area contributed by atoms with Crippen molar-refractivity contribution in [2.24, 2.45) is 0 Å². The standard InChI is InChI=1S/C12H6Cl2FNO3/c13-7-4-9(15)11(16-5-7)19-10-2-1-6(12(17)18)3-8(10)14/h1-5H,(H,17,18). The molecule has 0 atom stereocenters. The number of pyridine rings is 1. The number of hydrogen-bond donors (Lipinski definition) is 1. The topological polar surface area (TPSA) is 59.4 Å². The molecule has 0 spiro atoms. The second-order valence-electron chi connectivity index (χ2n) is 3.49. The molecule has 7 heteroatoms. The number of aromatic nitrogens is 1. The minimum absolute atomic E-state index is 0.00175. The Balaban J connectivity index is 2.31. The molecular weight excluding hydrogens is 296 g/mol. The van der Waals surface area contributed by atoms with Gasteiger partial charge in [-0.3, -0.25) is 0 Å². The summed E-state index contributed by atoms with van der Waals surface area (Å²) in [5.74, 6) is -2.06. The number of ether oxygens (including phenoxy) is 1. The van der Waals surface area contributed by atoms with Gasteiger partial charge < -0.3 is 9.84 Å². The van der Waals surface area contributed by atoms with E-state index in [-0.39, 0.29) is 27.2 Å². The molecule has 1 aromatic heterocycles. The molecule has 19 heavy (non-hydrogen) atoms. The van der Waals surface area contributed by atoms with Gasteiger partial charge in [-0.2, -0.15) is 0 Å². The van der Waals surface area contributed by atoms with Gasteiger partial charge in [0.2, 0.25) is 0 Å². The summed E-state index contributed by atoms with van der Waals surface area (Å²) in [5.41, 5.74) is 0.00175. The van der Waals surface area contributed by atoms with Crippen LogP contribution in [0.1, 0.15) is 10.4 Å². The molecule has 0 amide bonds. The first-order valence-electron chi connectivity index (χ1n) is 4.99. The van der Waals surface area contributed by atoms with Gasteiger partial charge in [-0.15, -0.1) is 0 Å². The molecule has 0 unspecified atom stereocenters. The highest BCUT2D eigenvalue weighted by Gasteiger charge is 2.12. The molecule has 0 fully saturated rings. The summed E-state index contributed by atoms with van der Waals surface area (Å²) in [6, 6.07) is 4.86. The Kier molecular flexibility index (Phi) is 3.87. The minimum Gasteiger partial charge on any atom is -0.478 e. The lowest BCUT2D eigenvalue weighted by Gasteiger charge is -2.08. The molecule has 2 aromatic rings. The van der Waals surface area contributed by atoms with Crippen molar-refractivity contribution in [3.05, 3.63) is 51.9 Å². The fourth-order valence-corrected chi connectivity index (χ4v) is 1.66. The second-order valence-corrected chi connectivity index (χ2v) is 4.34. The van der Waals surface area contributed by atoms with Crippen LogP contribution in [0.15, 0.2) is 30.5 Å². The normalized spacial score (nSPS) is 10.3. The molecule has 0 aliphatic carbocycles. The molecule has 0 saturated heterocycles. The van der Waals surface area contributed by atoms with Crippen molar-refractivity contribution < 1.29 is 19.0 Å². The average Bonchev–Trinajstić information content (AvgIpc) is 2.34. The van der Waals surface area contributed by atoms with E-state index in [1.54, 1.807) is 0 Å². The Hall–Kier alpha value is -1.85. The van der Waals surface area contributed by atoms with E-state index in [4.69, 9.17) is 33.0 Å². The van der Waals surface area contributed by atoms with Crippen molar-refractivity contribution in [3.8, 4) is 11.6 Å². The first-order chi connectivity index (χ1) is 8.97. The summed E-state index contributed by atoms with van der Waals surface area (Å²) in [7, 11) is 0. The molecule has 2 rings (SSSR count). The maximum absolute atomic E-state index is 13.5. The minimum atomic E-state index is -1.12. The van der Waals surface area contributed by atoms with Gasteiger partial charge in [0.05, 0.1) is 15.6 Å². The fourth-order valence-electron chi connectivity index (χ4n) is 1.30. The Morgan fingerprint density at radius 3 is 2.63 bits per heavy atom. The van der Waals surface area contributed by atoms with E-state index in [0.29, 0.717) is 0 Å². The van der Waals surface area contributed by atoms with E-state index in [0.717, 1.165) is 6.07 Å². The van der Waals surface area contributed by atoms with Crippen LogP contribution in [0, 0.1) is 5.82 Å². The van der Waals surface area contributed by atoms with Gasteiger partial charge in [-0.25, -0.2) is 14.2 Å². The zero-order valence-corrected chi connectivity index (χ0v) is 10.7. The largest absolute Gasteiger partial charge is 0.478 e. The third kappa shape index (κ3) is 3.13. The van der Waals surface area contributed by atoms with Crippen molar-refractivity contribution in [1.29, 1.82) is 0 Å². The SMILES string of the molecule is O=C(O)c1ccc(Oc2ncc(Cl)cc2F)c(Cl)c1. The highest BCUT2D eigenvalue weighted by molar-refractivity contribution is 6.32. The molecule has 4 nitrogen and oxygen atoms in total. The predicted molar refractivity (Wildman–Crippen MR) is 67.7 cm³/mol. The fraction of sp³-hybridized carbons (Fsp3) is 0. The van der Waals surface area contributed by atoms with E-state index >= 15 is 0 Å². The van der Waals surface area contributed by atoms with Crippen LogP contribution in [0.4, 0.5) is 4.39 Å². The van der Waals surface area contributed by atoms with Crippen LogP contribution in [0.3, 0.4) is 0 Å². The third-order valence-electron chi connectivity index (χ3n) is 2.16. The number of aromatic carboxylic acids is 1. The molecule has 98 valence electrons. The van der Waals surface area contributed by atoms with E-state index in [1.807, 2.05) is 0 Å². The van der Waals surface area contributed by atoms with Crippen molar-refractivity contribution in [1.82, 2.24) is 4.98 Å². The lowest BCUT2D eigenvalue weighted by molar-refractivity contribution is 0.0697. The van der Waals surface area contributed by atoms with Crippen LogP contribution in [-0.2, 0) is 0 Å². The van der Waals surface area contributed by atoms with Gasteiger partial charge in [-0.1, -0.05) is 23.2 Å². The molecule has 0 aliphatic heterocycles. The van der Waals surface area contributed by atoms with E-state index in [1.165, 1.54) is 24.4 Å². The summed E-state index contributed by atoms with van der Waals surface area (Å²) in [6.07, 6.45) is 1.22. The van der Waals surface area contributed by atoms with Crippen molar-refractivity contribution >= 4 is 29.2 Å². The monoisotopic (exact) mass is 301 g/mol. The van der Waals surface area contributed by atoms with Crippen molar-refractivity contribution in [3.63, 3.8) is 0 Å². The summed E-state index contributed by atoms with van der Waals surface area (Å²) in [6.45, 7) is 0. The number of hydrogen-bond acceptors (Lipinski definition) is 3. The first-order valence-corrected chi connectivity index (χ1v) is 5.74. The van der Waals surface area contributed by atoms with Gasteiger partial charge >= 0.3 is 5.97 Å². The zero-order chi connectivity index (χ0) is 14.0. The van der Waals surface area contributed by atoms with Crippen molar-refractivity contribution in [2.75, 3.05) is 0 Å². The lowest BCUT2D eigenvalue weighted by Crippen LogP contribution is -1.97. The van der Waals surface area contributed by atoms with Crippen LogP contribution in [-0.4, -0.2) is 16.1 Å². The van der Waals surface area contributed by atoms with Crippen molar-refractivity contribution in [2.45, 2.75) is 0 Å². The summed E-state index contributed by atoms with van der Waals surface area (Å²) >= 11 is 11.4. The Labute approximate surface area is 117 Å². The van der Waals surface area contributed by atoms with E-state index in [2.05, 4.69) is 4.98 Å². The first kappa shape index (κ1) is 13.6. The average molecular weight is 302 g/mol. The number of carboxylic acid groups (broad SMARTS) is 1. The van der Waals surface area contributed by atoms with E-state index in [9.17, 15) is 9.18 Å². The van der Waals surface area contributed by atoms with Gasteiger partial charge in [0, 0.05) is 6.20 Å².